The van der Waals surface area contributed by atoms with Crippen LogP contribution in [0, 0.1) is 6.92 Å². The molecule has 0 aliphatic heterocycles. The van der Waals surface area contributed by atoms with Gasteiger partial charge in [0.1, 0.15) is 0 Å². The average Bonchev–Trinajstić information content (AvgIpc) is 2.73. The summed E-state index contributed by atoms with van der Waals surface area (Å²) in [6.07, 6.45) is 0. The second-order valence-electron chi connectivity index (χ2n) is 4.10. The first-order valence-corrected chi connectivity index (χ1v) is 5.29. The van der Waals surface area contributed by atoms with E-state index in [2.05, 4.69) is 15.3 Å². The monoisotopic (exact) mass is 246 g/mol. The van der Waals surface area contributed by atoms with Crippen LogP contribution in [0.5, 0.6) is 0 Å². The number of rotatable bonds is 0. The van der Waals surface area contributed by atoms with E-state index in [0.29, 0.717) is 22.5 Å². The second-order valence-corrected chi connectivity index (χ2v) is 4.10. The molecule has 0 radical (unpaired) electrons. The molecule has 0 N–H and O–H groups in total. The molecule has 0 aliphatic rings. The van der Waals surface area contributed by atoms with E-state index in [0.717, 1.165) is 4.57 Å². The molecule has 0 unspecified atom stereocenters. The molecule has 3 aromatic heterocycles. The first-order valence-electron chi connectivity index (χ1n) is 5.29. The van der Waals surface area contributed by atoms with Gasteiger partial charge in [0.05, 0.1) is 5.39 Å². The van der Waals surface area contributed by atoms with E-state index in [1.807, 2.05) is 0 Å². The number of fused-ring (bicyclic) bond motifs is 2. The minimum atomic E-state index is -0.412. The van der Waals surface area contributed by atoms with E-state index in [9.17, 15) is 9.59 Å². The van der Waals surface area contributed by atoms with Gasteiger partial charge in [0.15, 0.2) is 17.1 Å². The number of aryl methyl sites for hydroxylation is 2. The van der Waals surface area contributed by atoms with Gasteiger partial charge >= 0.3 is 5.69 Å². The molecule has 0 bridgehead atoms. The summed E-state index contributed by atoms with van der Waals surface area (Å²) in [7, 11) is 3.01. The average molecular weight is 246 g/mol. The van der Waals surface area contributed by atoms with Gasteiger partial charge in [-0.15, -0.1) is 15.3 Å². The first-order chi connectivity index (χ1) is 8.50. The number of nitrogens with zero attached hydrogens (tertiary/aromatic N) is 6. The Kier molecular flexibility index (Phi) is 1.92. The lowest BCUT2D eigenvalue weighted by atomic mass is 10.3. The van der Waals surface area contributed by atoms with Crippen molar-refractivity contribution < 1.29 is 0 Å². The Labute approximate surface area is 100 Å². The summed E-state index contributed by atoms with van der Waals surface area (Å²) in [5.41, 5.74) is 0.00285. The van der Waals surface area contributed by atoms with Crippen molar-refractivity contribution >= 4 is 16.7 Å². The molecule has 0 spiro atoms. The van der Waals surface area contributed by atoms with Crippen molar-refractivity contribution in [2.24, 2.45) is 14.1 Å². The van der Waals surface area contributed by atoms with Crippen LogP contribution in [-0.2, 0) is 14.1 Å². The van der Waals surface area contributed by atoms with E-state index < -0.39 is 5.69 Å². The Morgan fingerprint density at radius 3 is 2.56 bits per heavy atom. The smallest absolute Gasteiger partial charge is 0.279 e. The zero-order valence-electron chi connectivity index (χ0n) is 10.1. The Balaban J connectivity index is 2.68. The van der Waals surface area contributed by atoms with E-state index in [4.69, 9.17) is 0 Å². The van der Waals surface area contributed by atoms with Crippen LogP contribution >= 0.6 is 0 Å². The van der Waals surface area contributed by atoms with Gasteiger partial charge in [-0.25, -0.2) is 4.79 Å². The normalized spacial score (nSPS) is 11.5. The molecular formula is C10H10N6O2. The highest BCUT2D eigenvalue weighted by atomic mass is 16.2. The van der Waals surface area contributed by atoms with Gasteiger partial charge in [-0.1, -0.05) is 0 Å². The zero-order chi connectivity index (χ0) is 13.0. The Morgan fingerprint density at radius 1 is 1.11 bits per heavy atom. The lowest BCUT2D eigenvalue weighted by molar-refractivity contribution is 0.698. The molecule has 0 saturated carbocycles. The highest BCUT2D eigenvalue weighted by Gasteiger charge is 2.12. The van der Waals surface area contributed by atoms with Gasteiger partial charge < -0.3 is 0 Å². The molecule has 8 nitrogen and oxygen atoms in total. The fourth-order valence-corrected chi connectivity index (χ4v) is 1.92. The lowest BCUT2D eigenvalue weighted by Gasteiger charge is -2.06. The van der Waals surface area contributed by atoms with Crippen LogP contribution in [0.4, 0.5) is 0 Å². The molecule has 3 rings (SSSR count). The molecular weight excluding hydrogens is 236 g/mol. The first kappa shape index (κ1) is 10.6. The maximum atomic E-state index is 12.0. The zero-order valence-corrected chi connectivity index (χ0v) is 10.1. The van der Waals surface area contributed by atoms with Crippen molar-refractivity contribution in [3.63, 3.8) is 0 Å². The van der Waals surface area contributed by atoms with Crippen molar-refractivity contribution in [1.82, 2.24) is 28.9 Å². The minimum Gasteiger partial charge on any atom is -0.279 e. The van der Waals surface area contributed by atoms with Crippen LogP contribution in [0.1, 0.15) is 5.82 Å². The van der Waals surface area contributed by atoms with Crippen LogP contribution in [-0.4, -0.2) is 28.9 Å². The lowest BCUT2D eigenvalue weighted by Crippen LogP contribution is -2.37. The molecule has 3 aromatic rings. The van der Waals surface area contributed by atoms with E-state index in [1.165, 1.54) is 16.1 Å². The summed E-state index contributed by atoms with van der Waals surface area (Å²) in [4.78, 5) is 23.8. The largest absolute Gasteiger partial charge is 0.332 e. The maximum Gasteiger partial charge on any atom is 0.332 e. The Bertz CT molecular complexity index is 900. The number of hydrogen-bond acceptors (Lipinski definition) is 5. The molecule has 0 saturated heterocycles. The summed E-state index contributed by atoms with van der Waals surface area (Å²) in [5.74, 6) is 0.597. The quantitative estimate of drug-likeness (QED) is 0.507. The summed E-state index contributed by atoms with van der Waals surface area (Å²) in [6, 6.07) is 1.59. The van der Waals surface area contributed by atoms with Crippen molar-refractivity contribution in [2.75, 3.05) is 0 Å². The Hall–Kier alpha value is -2.51. The number of aromatic nitrogens is 6. The predicted molar refractivity (Wildman–Crippen MR) is 63.5 cm³/mol. The van der Waals surface area contributed by atoms with E-state index >= 15 is 0 Å². The van der Waals surface area contributed by atoms with Crippen LogP contribution in [0.15, 0.2) is 15.7 Å². The predicted octanol–water partition coefficient (Wildman–Crippen LogP) is -1.02. The second kappa shape index (κ2) is 3.25. The molecule has 18 heavy (non-hydrogen) atoms. The third kappa shape index (κ3) is 1.17. The number of hydrogen-bond donors (Lipinski definition) is 0. The van der Waals surface area contributed by atoms with Gasteiger partial charge in [0, 0.05) is 20.2 Å². The van der Waals surface area contributed by atoms with E-state index in [-0.39, 0.29) is 5.56 Å². The highest BCUT2D eigenvalue weighted by molar-refractivity contribution is 5.76. The van der Waals surface area contributed by atoms with Gasteiger partial charge in [-0.05, 0) is 6.92 Å². The summed E-state index contributed by atoms with van der Waals surface area (Å²) < 4.78 is 3.88. The van der Waals surface area contributed by atoms with Crippen LogP contribution in [0.2, 0.25) is 0 Å². The third-order valence-corrected chi connectivity index (χ3v) is 2.96. The fraction of sp³-hybridized carbons (Fsp3) is 0.300. The van der Waals surface area contributed by atoms with Crippen LogP contribution in [0.3, 0.4) is 0 Å². The fourth-order valence-electron chi connectivity index (χ4n) is 1.92. The highest BCUT2D eigenvalue weighted by Crippen LogP contribution is 2.08. The Morgan fingerprint density at radius 2 is 1.83 bits per heavy atom. The topological polar surface area (TPSA) is 87.1 Å². The van der Waals surface area contributed by atoms with Gasteiger partial charge in [0.25, 0.3) is 5.56 Å². The molecule has 0 aromatic carbocycles. The molecule has 0 aliphatic carbocycles. The minimum absolute atomic E-state index is 0.318. The summed E-state index contributed by atoms with van der Waals surface area (Å²) >= 11 is 0. The molecule has 0 fully saturated rings. The summed E-state index contributed by atoms with van der Waals surface area (Å²) in [5, 5.41) is 12.4. The van der Waals surface area contributed by atoms with E-state index in [1.54, 1.807) is 20.0 Å². The standard InChI is InChI=1S/C10H10N6O2/c1-5-11-12-7-4-6-8(13-16(5)7)14(2)10(18)15(3)9(6)17/h4H,1-3H3. The van der Waals surface area contributed by atoms with Gasteiger partial charge in [-0.3, -0.25) is 13.9 Å². The molecule has 0 amide bonds. The third-order valence-electron chi connectivity index (χ3n) is 2.96. The summed E-state index contributed by atoms with van der Waals surface area (Å²) in [6.45, 7) is 1.75. The van der Waals surface area contributed by atoms with Crippen molar-refractivity contribution in [1.29, 1.82) is 0 Å². The van der Waals surface area contributed by atoms with Crippen molar-refractivity contribution in [2.45, 2.75) is 6.92 Å². The van der Waals surface area contributed by atoms with Crippen molar-refractivity contribution in [3.8, 4) is 0 Å². The molecule has 0 atom stereocenters. The molecule has 3 heterocycles. The van der Waals surface area contributed by atoms with Crippen LogP contribution < -0.4 is 11.2 Å². The molecule has 8 heteroatoms. The molecule has 92 valence electrons. The van der Waals surface area contributed by atoms with Crippen LogP contribution in [0.25, 0.3) is 16.7 Å². The van der Waals surface area contributed by atoms with Crippen molar-refractivity contribution in [3.05, 3.63) is 32.7 Å². The SMILES string of the molecule is Cc1nnc2cc3c(=O)n(C)c(=O)n(C)c3nn12. The van der Waals surface area contributed by atoms with Gasteiger partial charge in [0.2, 0.25) is 0 Å². The maximum absolute atomic E-state index is 12.0. The van der Waals surface area contributed by atoms with Gasteiger partial charge in [-0.2, -0.15) is 4.52 Å².